The lowest BCUT2D eigenvalue weighted by Gasteiger charge is -2.05. The van der Waals surface area contributed by atoms with Crippen molar-refractivity contribution in [1.29, 1.82) is 0 Å². The van der Waals surface area contributed by atoms with Gasteiger partial charge in [0.05, 0.1) is 0 Å². The summed E-state index contributed by atoms with van der Waals surface area (Å²) >= 11 is 0. The van der Waals surface area contributed by atoms with E-state index in [2.05, 4.69) is 42.7 Å². The van der Waals surface area contributed by atoms with E-state index in [-0.39, 0.29) is 0 Å². The van der Waals surface area contributed by atoms with Crippen molar-refractivity contribution < 1.29 is 0 Å². The molecule has 0 spiro atoms. The highest BCUT2D eigenvalue weighted by atomic mass is 15.0. The largest absolute Gasteiger partial charge is 0.385 e. The van der Waals surface area contributed by atoms with E-state index in [0.29, 0.717) is 0 Å². The SMILES string of the molecule is CCCn1c(N)c(C)c2ccccc21. The van der Waals surface area contributed by atoms with Crippen LogP contribution in [0.15, 0.2) is 24.3 Å². The second-order valence-electron chi connectivity index (χ2n) is 3.68. The third-order valence-corrected chi connectivity index (χ3v) is 2.72. The number of benzene rings is 1. The Morgan fingerprint density at radius 2 is 2.00 bits per heavy atom. The molecule has 0 bridgehead atoms. The number of hydrogen-bond donors (Lipinski definition) is 1. The highest BCUT2D eigenvalue weighted by molar-refractivity contribution is 5.88. The van der Waals surface area contributed by atoms with E-state index in [4.69, 9.17) is 5.73 Å². The zero-order chi connectivity index (χ0) is 10.1. The summed E-state index contributed by atoms with van der Waals surface area (Å²) in [5.74, 6) is 0.910. The number of aryl methyl sites for hydroxylation is 2. The lowest BCUT2D eigenvalue weighted by molar-refractivity contribution is 0.710. The van der Waals surface area contributed by atoms with Crippen LogP contribution in [0.3, 0.4) is 0 Å². The molecule has 2 aromatic rings. The number of aromatic nitrogens is 1. The van der Waals surface area contributed by atoms with Crippen molar-refractivity contribution in [1.82, 2.24) is 4.57 Å². The minimum atomic E-state index is 0.910. The summed E-state index contributed by atoms with van der Waals surface area (Å²) in [6.45, 7) is 5.26. The molecule has 2 rings (SSSR count). The number of nitrogen functional groups attached to an aromatic ring is 1. The molecule has 0 aliphatic heterocycles. The number of fused-ring (bicyclic) bond motifs is 1. The highest BCUT2D eigenvalue weighted by Crippen LogP contribution is 2.27. The van der Waals surface area contributed by atoms with Crippen LogP contribution in [0.1, 0.15) is 18.9 Å². The van der Waals surface area contributed by atoms with Crippen molar-refractivity contribution >= 4 is 16.7 Å². The van der Waals surface area contributed by atoms with Crippen molar-refractivity contribution in [3.05, 3.63) is 29.8 Å². The molecule has 0 radical (unpaired) electrons. The number of anilines is 1. The smallest absolute Gasteiger partial charge is 0.107 e. The van der Waals surface area contributed by atoms with Gasteiger partial charge in [-0.25, -0.2) is 0 Å². The average Bonchev–Trinajstić information content (AvgIpc) is 2.45. The minimum absolute atomic E-state index is 0.910. The third kappa shape index (κ3) is 1.18. The number of para-hydroxylation sites is 1. The fourth-order valence-corrected chi connectivity index (χ4v) is 1.96. The third-order valence-electron chi connectivity index (χ3n) is 2.72. The van der Waals surface area contributed by atoms with Crippen molar-refractivity contribution in [2.45, 2.75) is 26.8 Å². The maximum Gasteiger partial charge on any atom is 0.107 e. The van der Waals surface area contributed by atoms with Crippen LogP contribution in [0.25, 0.3) is 10.9 Å². The molecule has 2 N–H and O–H groups in total. The van der Waals surface area contributed by atoms with Gasteiger partial charge in [-0.1, -0.05) is 25.1 Å². The second-order valence-corrected chi connectivity index (χ2v) is 3.68. The summed E-state index contributed by atoms with van der Waals surface area (Å²) in [7, 11) is 0. The van der Waals surface area contributed by atoms with Gasteiger partial charge in [-0.2, -0.15) is 0 Å². The lowest BCUT2D eigenvalue weighted by Crippen LogP contribution is -2.02. The molecule has 1 aromatic heterocycles. The molecule has 0 saturated carbocycles. The van der Waals surface area contributed by atoms with E-state index in [1.165, 1.54) is 16.5 Å². The van der Waals surface area contributed by atoms with Crippen LogP contribution in [0.5, 0.6) is 0 Å². The van der Waals surface area contributed by atoms with Gasteiger partial charge in [0, 0.05) is 17.4 Å². The van der Waals surface area contributed by atoms with E-state index < -0.39 is 0 Å². The molecule has 0 fully saturated rings. The fraction of sp³-hybridized carbons (Fsp3) is 0.333. The summed E-state index contributed by atoms with van der Waals surface area (Å²) in [5, 5.41) is 1.28. The fourth-order valence-electron chi connectivity index (χ4n) is 1.96. The molecule has 0 amide bonds. The quantitative estimate of drug-likeness (QED) is 0.771. The van der Waals surface area contributed by atoms with Gasteiger partial charge in [-0.15, -0.1) is 0 Å². The van der Waals surface area contributed by atoms with Crippen LogP contribution in [-0.4, -0.2) is 4.57 Å². The standard InChI is InChI=1S/C12H16N2/c1-3-8-14-11-7-5-4-6-10(11)9(2)12(14)13/h4-7H,3,8,13H2,1-2H3. The van der Waals surface area contributed by atoms with Gasteiger partial charge in [0.15, 0.2) is 0 Å². The van der Waals surface area contributed by atoms with Crippen LogP contribution >= 0.6 is 0 Å². The van der Waals surface area contributed by atoms with Gasteiger partial charge in [-0.3, -0.25) is 0 Å². The molecule has 2 nitrogen and oxygen atoms in total. The number of hydrogen-bond acceptors (Lipinski definition) is 1. The predicted octanol–water partition coefficient (Wildman–Crippen LogP) is 2.94. The molecule has 0 aliphatic carbocycles. The molecule has 74 valence electrons. The van der Waals surface area contributed by atoms with Gasteiger partial charge >= 0.3 is 0 Å². The van der Waals surface area contributed by atoms with E-state index in [1.54, 1.807) is 0 Å². The topological polar surface area (TPSA) is 30.9 Å². The molecule has 14 heavy (non-hydrogen) atoms. The van der Waals surface area contributed by atoms with E-state index in [1.807, 2.05) is 0 Å². The highest BCUT2D eigenvalue weighted by Gasteiger charge is 2.09. The molecule has 1 aromatic carbocycles. The predicted molar refractivity (Wildman–Crippen MR) is 61.4 cm³/mol. The molecule has 2 heteroatoms. The second kappa shape index (κ2) is 3.37. The van der Waals surface area contributed by atoms with Crippen LogP contribution in [-0.2, 0) is 6.54 Å². The van der Waals surface area contributed by atoms with Crippen LogP contribution in [0.4, 0.5) is 5.82 Å². The zero-order valence-electron chi connectivity index (χ0n) is 8.75. The molecule has 0 saturated heterocycles. The molecular weight excluding hydrogens is 172 g/mol. The first-order chi connectivity index (χ1) is 6.75. The Bertz CT molecular complexity index is 455. The number of nitrogens with two attached hydrogens (primary N) is 1. The Kier molecular flexibility index (Phi) is 2.20. The summed E-state index contributed by atoms with van der Waals surface area (Å²) < 4.78 is 2.20. The Labute approximate surface area is 84.3 Å². The Hall–Kier alpha value is -1.44. The Morgan fingerprint density at radius 3 is 2.71 bits per heavy atom. The number of rotatable bonds is 2. The van der Waals surface area contributed by atoms with Crippen molar-refractivity contribution in [2.24, 2.45) is 0 Å². The Morgan fingerprint density at radius 1 is 1.29 bits per heavy atom. The molecule has 0 unspecified atom stereocenters. The van der Waals surface area contributed by atoms with E-state index in [0.717, 1.165) is 18.8 Å². The van der Waals surface area contributed by atoms with Crippen molar-refractivity contribution in [2.75, 3.05) is 5.73 Å². The van der Waals surface area contributed by atoms with Gasteiger partial charge < -0.3 is 10.3 Å². The van der Waals surface area contributed by atoms with Crippen LogP contribution in [0, 0.1) is 6.92 Å². The summed E-state index contributed by atoms with van der Waals surface area (Å²) in [5.41, 5.74) is 8.52. The van der Waals surface area contributed by atoms with Crippen molar-refractivity contribution in [3.8, 4) is 0 Å². The zero-order valence-corrected chi connectivity index (χ0v) is 8.75. The van der Waals surface area contributed by atoms with E-state index in [9.17, 15) is 0 Å². The van der Waals surface area contributed by atoms with Crippen LogP contribution < -0.4 is 5.73 Å². The maximum atomic E-state index is 6.06. The first kappa shape index (κ1) is 9.13. The monoisotopic (exact) mass is 188 g/mol. The molecule has 0 atom stereocenters. The normalized spacial score (nSPS) is 11.0. The summed E-state index contributed by atoms with van der Waals surface area (Å²) in [6, 6.07) is 8.39. The van der Waals surface area contributed by atoms with Crippen molar-refractivity contribution in [3.63, 3.8) is 0 Å². The van der Waals surface area contributed by atoms with E-state index >= 15 is 0 Å². The van der Waals surface area contributed by atoms with Gasteiger partial charge in [0.25, 0.3) is 0 Å². The molecule has 0 aliphatic rings. The van der Waals surface area contributed by atoms with Gasteiger partial charge in [0.2, 0.25) is 0 Å². The van der Waals surface area contributed by atoms with Crippen LogP contribution in [0.2, 0.25) is 0 Å². The van der Waals surface area contributed by atoms with Gasteiger partial charge in [0.1, 0.15) is 5.82 Å². The summed E-state index contributed by atoms with van der Waals surface area (Å²) in [4.78, 5) is 0. The first-order valence-electron chi connectivity index (χ1n) is 5.09. The lowest BCUT2D eigenvalue weighted by atomic mass is 10.2. The minimum Gasteiger partial charge on any atom is -0.385 e. The number of nitrogens with zero attached hydrogens (tertiary/aromatic N) is 1. The molecular formula is C12H16N2. The maximum absolute atomic E-state index is 6.06. The average molecular weight is 188 g/mol. The Balaban J connectivity index is 2.74. The summed E-state index contributed by atoms with van der Waals surface area (Å²) in [6.07, 6.45) is 1.11. The van der Waals surface area contributed by atoms with Gasteiger partial charge in [-0.05, 0) is 25.0 Å². The first-order valence-corrected chi connectivity index (χ1v) is 5.09. The molecule has 1 heterocycles.